The average Bonchev–Trinajstić information content (AvgIpc) is 2.15. The summed E-state index contributed by atoms with van der Waals surface area (Å²) in [5.74, 6) is 0. The van der Waals surface area contributed by atoms with Crippen LogP contribution in [0.2, 0.25) is 0 Å². The minimum Gasteiger partial charge on any atom is -0.444 e. The zero-order valence-electron chi connectivity index (χ0n) is 11.5. The van der Waals surface area contributed by atoms with Crippen molar-refractivity contribution in [1.29, 1.82) is 0 Å². The van der Waals surface area contributed by atoms with Gasteiger partial charge >= 0.3 is 6.09 Å². The van der Waals surface area contributed by atoms with Crippen LogP contribution in [0.5, 0.6) is 0 Å². The van der Waals surface area contributed by atoms with E-state index in [1.165, 1.54) is 11.3 Å². The van der Waals surface area contributed by atoms with Gasteiger partial charge in [-0.15, -0.1) is 0 Å². The first kappa shape index (κ1) is 14.3. The van der Waals surface area contributed by atoms with Crippen LogP contribution < -0.4 is 0 Å². The minimum atomic E-state index is -0.718. The summed E-state index contributed by atoms with van der Waals surface area (Å²) in [6.07, 6.45) is 4.45. The van der Waals surface area contributed by atoms with Crippen LogP contribution in [0.1, 0.15) is 52.9 Å². The molecule has 1 aliphatic rings. The second-order valence-corrected chi connectivity index (χ2v) is 6.12. The van der Waals surface area contributed by atoms with Gasteiger partial charge in [0.25, 0.3) is 0 Å². The molecule has 100 valence electrons. The molecule has 1 N–H and O–H groups in total. The highest BCUT2D eigenvalue weighted by molar-refractivity contribution is 5.67. The highest BCUT2D eigenvalue weighted by Crippen LogP contribution is 2.28. The van der Waals surface area contributed by atoms with E-state index < -0.39 is 11.2 Å². The molecule has 1 aliphatic carbocycles. The smallest absolute Gasteiger partial charge is 0.410 e. The van der Waals surface area contributed by atoms with Crippen LogP contribution >= 0.6 is 0 Å². The van der Waals surface area contributed by atoms with Gasteiger partial charge in [-0.3, -0.25) is 0 Å². The molecule has 17 heavy (non-hydrogen) atoms. The van der Waals surface area contributed by atoms with Crippen molar-refractivity contribution in [3.05, 3.63) is 0 Å². The molecule has 0 aromatic heterocycles. The molecule has 4 nitrogen and oxygen atoms in total. The van der Waals surface area contributed by atoms with Crippen LogP contribution in [0.4, 0.5) is 4.79 Å². The molecule has 0 radical (unpaired) electrons. The number of carbonyl (C=O) groups is 1. The monoisotopic (exact) mass is 243 g/mol. The Morgan fingerprint density at radius 1 is 1.29 bits per heavy atom. The molecule has 4 heteroatoms. The summed E-state index contributed by atoms with van der Waals surface area (Å²) >= 11 is 0. The van der Waals surface area contributed by atoms with Crippen LogP contribution in [0.15, 0.2) is 0 Å². The molecular formula is C13H25NO3. The van der Waals surface area contributed by atoms with Gasteiger partial charge in [0, 0.05) is 7.05 Å². The predicted molar refractivity (Wildman–Crippen MR) is 66.9 cm³/mol. The largest absolute Gasteiger partial charge is 0.444 e. The topological polar surface area (TPSA) is 49.8 Å². The van der Waals surface area contributed by atoms with Crippen molar-refractivity contribution in [2.75, 3.05) is 13.6 Å². The quantitative estimate of drug-likeness (QED) is 0.811. The Morgan fingerprint density at radius 3 is 2.29 bits per heavy atom. The fourth-order valence-electron chi connectivity index (χ4n) is 2.21. The van der Waals surface area contributed by atoms with Gasteiger partial charge in [-0.1, -0.05) is 19.3 Å². The van der Waals surface area contributed by atoms with Gasteiger partial charge in [0.15, 0.2) is 0 Å². The van der Waals surface area contributed by atoms with E-state index in [2.05, 4.69) is 0 Å². The molecule has 0 aromatic carbocycles. The third kappa shape index (κ3) is 4.94. The van der Waals surface area contributed by atoms with Gasteiger partial charge in [0.2, 0.25) is 0 Å². The van der Waals surface area contributed by atoms with Gasteiger partial charge in [-0.25, -0.2) is 4.79 Å². The van der Waals surface area contributed by atoms with E-state index in [1.54, 1.807) is 7.05 Å². The Kier molecular flexibility index (Phi) is 4.42. The summed E-state index contributed by atoms with van der Waals surface area (Å²) in [6.45, 7) is 5.89. The number of aliphatic hydroxyl groups is 1. The first-order valence-corrected chi connectivity index (χ1v) is 6.38. The molecule has 1 saturated carbocycles. The normalized spacial score (nSPS) is 19.8. The van der Waals surface area contributed by atoms with Crippen LogP contribution in [0, 0.1) is 0 Å². The Hall–Kier alpha value is -0.770. The van der Waals surface area contributed by atoms with Crippen LogP contribution in [0.3, 0.4) is 0 Å². The average molecular weight is 243 g/mol. The van der Waals surface area contributed by atoms with Gasteiger partial charge in [0.05, 0.1) is 12.1 Å². The third-order valence-electron chi connectivity index (χ3n) is 3.02. The Bertz CT molecular complexity index is 264. The molecule has 0 aliphatic heterocycles. The molecule has 1 amide bonds. The van der Waals surface area contributed by atoms with Gasteiger partial charge in [0.1, 0.15) is 5.60 Å². The summed E-state index contributed by atoms with van der Waals surface area (Å²) in [6, 6.07) is 0. The molecule has 0 aromatic rings. The van der Waals surface area contributed by atoms with Gasteiger partial charge in [-0.05, 0) is 33.6 Å². The van der Waals surface area contributed by atoms with Crippen molar-refractivity contribution in [1.82, 2.24) is 4.90 Å². The molecule has 0 saturated heterocycles. The molecule has 1 fully saturated rings. The van der Waals surface area contributed by atoms with E-state index in [-0.39, 0.29) is 6.09 Å². The first-order chi connectivity index (χ1) is 7.72. The van der Waals surface area contributed by atoms with E-state index in [4.69, 9.17) is 4.74 Å². The predicted octanol–water partition coefficient (Wildman–Crippen LogP) is 2.55. The second-order valence-electron chi connectivity index (χ2n) is 6.12. The number of rotatable bonds is 2. The molecule has 0 heterocycles. The Morgan fingerprint density at radius 2 is 1.82 bits per heavy atom. The number of amides is 1. The van der Waals surface area contributed by atoms with E-state index in [0.29, 0.717) is 6.54 Å². The number of likely N-dealkylation sites (N-methyl/N-ethyl adjacent to an activating group) is 1. The molecule has 0 bridgehead atoms. The maximum absolute atomic E-state index is 11.8. The van der Waals surface area contributed by atoms with Crippen molar-refractivity contribution in [3.63, 3.8) is 0 Å². The Balaban J connectivity index is 2.47. The van der Waals surface area contributed by atoms with E-state index in [9.17, 15) is 9.90 Å². The standard InChI is InChI=1S/C13H25NO3/c1-12(2,3)17-11(15)14(4)10-13(16)8-6-5-7-9-13/h16H,5-10H2,1-4H3. The maximum atomic E-state index is 11.8. The maximum Gasteiger partial charge on any atom is 0.410 e. The highest BCUT2D eigenvalue weighted by Gasteiger charge is 2.32. The minimum absolute atomic E-state index is 0.363. The van der Waals surface area contributed by atoms with E-state index in [0.717, 1.165) is 25.7 Å². The summed E-state index contributed by atoms with van der Waals surface area (Å²) in [4.78, 5) is 13.2. The summed E-state index contributed by atoms with van der Waals surface area (Å²) < 4.78 is 5.26. The van der Waals surface area contributed by atoms with Crippen LogP contribution in [0.25, 0.3) is 0 Å². The lowest BCUT2D eigenvalue weighted by Crippen LogP contribution is -2.46. The lowest BCUT2D eigenvalue weighted by Gasteiger charge is -2.36. The van der Waals surface area contributed by atoms with Crippen molar-refractivity contribution in [3.8, 4) is 0 Å². The number of carbonyl (C=O) groups excluding carboxylic acids is 1. The van der Waals surface area contributed by atoms with Gasteiger partial charge < -0.3 is 14.7 Å². The lowest BCUT2D eigenvalue weighted by atomic mass is 9.84. The van der Waals surface area contributed by atoms with E-state index in [1.807, 2.05) is 20.8 Å². The zero-order valence-corrected chi connectivity index (χ0v) is 11.5. The van der Waals surface area contributed by atoms with Crippen molar-refractivity contribution in [2.24, 2.45) is 0 Å². The fraction of sp³-hybridized carbons (Fsp3) is 0.923. The summed E-state index contributed by atoms with van der Waals surface area (Å²) in [5, 5.41) is 10.3. The number of nitrogens with zero attached hydrogens (tertiary/aromatic N) is 1. The summed E-state index contributed by atoms with van der Waals surface area (Å²) in [7, 11) is 1.68. The number of hydrogen-bond donors (Lipinski definition) is 1. The highest BCUT2D eigenvalue weighted by atomic mass is 16.6. The van der Waals surface area contributed by atoms with E-state index >= 15 is 0 Å². The second kappa shape index (κ2) is 5.25. The van der Waals surface area contributed by atoms with Crippen molar-refractivity contribution >= 4 is 6.09 Å². The van der Waals surface area contributed by atoms with Crippen molar-refractivity contribution < 1.29 is 14.6 Å². The SMILES string of the molecule is CN(CC1(O)CCCCC1)C(=O)OC(C)(C)C. The first-order valence-electron chi connectivity index (χ1n) is 6.38. The third-order valence-corrected chi connectivity index (χ3v) is 3.02. The van der Waals surface area contributed by atoms with Gasteiger partial charge in [-0.2, -0.15) is 0 Å². The zero-order chi connectivity index (χ0) is 13.1. The molecule has 0 spiro atoms. The lowest BCUT2D eigenvalue weighted by molar-refractivity contribution is -0.0314. The molecule has 0 atom stereocenters. The number of ether oxygens (including phenoxy) is 1. The fourth-order valence-corrected chi connectivity index (χ4v) is 2.21. The van der Waals surface area contributed by atoms with Crippen LogP contribution in [-0.4, -0.2) is 40.9 Å². The molecule has 1 rings (SSSR count). The number of hydrogen-bond acceptors (Lipinski definition) is 3. The van der Waals surface area contributed by atoms with Crippen LogP contribution in [-0.2, 0) is 4.74 Å². The van der Waals surface area contributed by atoms with Crippen molar-refractivity contribution in [2.45, 2.75) is 64.1 Å². The molecular weight excluding hydrogens is 218 g/mol. The Labute approximate surface area is 104 Å². The summed E-state index contributed by atoms with van der Waals surface area (Å²) in [5.41, 5.74) is -1.20. The molecule has 0 unspecified atom stereocenters.